The lowest BCUT2D eigenvalue weighted by Gasteiger charge is -2.12. The molecular weight excluding hydrogens is 336 g/mol. The van der Waals surface area contributed by atoms with Gasteiger partial charge in [-0.15, -0.1) is 0 Å². The topological polar surface area (TPSA) is 33.1 Å². The number of halogens is 6. The van der Waals surface area contributed by atoms with Crippen LogP contribution in [0.5, 0.6) is 5.75 Å². The van der Waals surface area contributed by atoms with Crippen LogP contribution in [-0.4, -0.2) is 10.1 Å². The molecule has 0 radical (unpaired) electrons. The Bertz CT molecular complexity index is 378. The van der Waals surface area contributed by atoms with Crippen LogP contribution in [0.15, 0.2) is 6.07 Å². The molecule has 0 atom stereocenters. The quantitative estimate of drug-likeness (QED) is 0.484. The first-order chi connectivity index (χ1) is 6.73. The summed E-state index contributed by atoms with van der Waals surface area (Å²) in [6.07, 6.45) is -8.30. The Hall–Kier alpha value is -0.670. The van der Waals surface area contributed by atoms with E-state index in [1.165, 1.54) is 22.6 Å². The Kier molecular flexibility index (Phi) is 3.36. The van der Waals surface area contributed by atoms with Gasteiger partial charge in [-0.3, -0.25) is 0 Å². The fraction of sp³-hybridized carbons (Fsp3) is 0.286. The third-order valence-electron chi connectivity index (χ3n) is 1.49. The van der Waals surface area contributed by atoms with E-state index in [2.05, 4.69) is 4.98 Å². The molecule has 84 valence electrons. The molecule has 0 saturated carbocycles. The first-order valence-electron chi connectivity index (χ1n) is 3.48. The van der Waals surface area contributed by atoms with Gasteiger partial charge in [0.05, 0.1) is 5.56 Å². The third-order valence-corrected chi connectivity index (χ3v) is 2.28. The molecule has 0 aromatic carbocycles. The summed E-state index contributed by atoms with van der Waals surface area (Å²) in [7, 11) is 0. The molecule has 2 nitrogen and oxygen atoms in total. The van der Waals surface area contributed by atoms with E-state index in [0.29, 0.717) is 6.07 Å². The van der Waals surface area contributed by atoms with E-state index in [0.717, 1.165) is 0 Å². The lowest BCUT2D eigenvalue weighted by atomic mass is 10.2. The second-order valence-electron chi connectivity index (χ2n) is 2.53. The van der Waals surface area contributed by atoms with E-state index >= 15 is 0 Å². The van der Waals surface area contributed by atoms with Gasteiger partial charge in [0.25, 0.3) is 6.43 Å². The highest BCUT2D eigenvalue weighted by molar-refractivity contribution is 14.1. The van der Waals surface area contributed by atoms with Crippen LogP contribution in [-0.2, 0) is 6.18 Å². The zero-order valence-corrected chi connectivity index (χ0v) is 8.97. The van der Waals surface area contributed by atoms with Crippen molar-refractivity contribution in [3.05, 3.63) is 21.0 Å². The average Bonchev–Trinajstić information content (AvgIpc) is 2.06. The molecule has 1 aromatic heterocycles. The normalized spacial score (nSPS) is 12.2. The van der Waals surface area contributed by atoms with Crippen molar-refractivity contribution in [2.75, 3.05) is 0 Å². The summed E-state index contributed by atoms with van der Waals surface area (Å²) in [6.45, 7) is 0. The van der Waals surface area contributed by atoms with Crippen LogP contribution in [0.1, 0.15) is 17.7 Å². The summed E-state index contributed by atoms with van der Waals surface area (Å²) >= 11 is 1.32. The van der Waals surface area contributed by atoms with Crippen molar-refractivity contribution in [3.63, 3.8) is 0 Å². The predicted octanol–water partition coefficient (Wildman–Crippen LogP) is 3.35. The van der Waals surface area contributed by atoms with Crippen molar-refractivity contribution >= 4 is 22.6 Å². The van der Waals surface area contributed by atoms with Crippen molar-refractivity contribution in [1.82, 2.24) is 4.98 Å². The Morgan fingerprint density at radius 1 is 1.33 bits per heavy atom. The molecule has 0 saturated heterocycles. The van der Waals surface area contributed by atoms with Crippen molar-refractivity contribution in [1.29, 1.82) is 0 Å². The smallest absolute Gasteiger partial charge is 0.433 e. The summed E-state index contributed by atoms with van der Waals surface area (Å²) in [5, 5.41) is 8.97. The van der Waals surface area contributed by atoms with Gasteiger partial charge in [0, 0.05) is 0 Å². The third kappa shape index (κ3) is 2.67. The fourth-order valence-electron chi connectivity index (χ4n) is 0.889. The number of hydrogen-bond acceptors (Lipinski definition) is 2. The van der Waals surface area contributed by atoms with Gasteiger partial charge in [-0.1, -0.05) is 0 Å². The molecule has 1 rings (SSSR count). The number of aromatic nitrogens is 1. The number of nitrogens with zero attached hydrogens (tertiary/aromatic N) is 1. The zero-order chi connectivity index (χ0) is 11.8. The molecule has 0 amide bonds. The van der Waals surface area contributed by atoms with Crippen LogP contribution in [0.2, 0.25) is 0 Å². The van der Waals surface area contributed by atoms with Crippen molar-refractivity contribution < 1.29 is 27.1 Å². The molecule has 1 aromatic rings. The van der Waals surface area contributed by atoms with Gasteiger partial charge < -0.3 is 5.11 Å². The summed E-state index contributed by atoms with van der Waals surface area (Å²) in [5.74, 6) is -0.695. The molecule has 15 heavy (non-hydrogen) atoms. The van der Waals surface area contributed by atoms with E-state index in [-0.39, 0.29) is 3.70 Å². The van der Waals surface area contributed by atoms with Crippen molar-refractivity contribution in [3.8, 4) is 5.75 Å². The molecule has 1 heterocycles. The highest BCUT2D eigenvalue weighted by atomic mass is 127. The van der Waals surface area contributed by atoms with Gasteiger partial charge in [0.1, 0.15) is 9.45 Å². The first-order valence-corrected chi connectivity index (χ1v) is 4.56. The van der Waals surface area contributed by atoms with Gasteiger partial charge in [0.15, 0.2) is 5.69 Å². The van der Waals surface area contributed by atoms with Gasteiger partial charge in [-0.2, -0.15) is 13.2 Å². The van der Waals surface area contributed by atoms with Crippen LogP contribution < -0.4 is 0 Å². The summed E-state index contributed by atoms with van der Waals surface area (Å²) in [6, 6.07) is 0.377. The molecule has 0 spiro atoms. The standard InChI is InChI=1S/C7H3F5INO/c8-5(9)2-1-3(15)6(13)14-4(2)7(10,11)12/h1,5,15H. The minimum Gasteiger partial charge on any atom is -0.505 e. The fourth-order valence-corrected chi connectivity index (χ4v) is 1.29. The van der Waals surface area contributed by atoms with Crippen LogP contribution in [0.4, 0.5) is 22.0 Å². The largest absolute Gasteiger partial charge is 0.505 e. The molecular formula is C7H3F5INO. The molecule has 0 aliphatic heterocycles. The lowest BCUT2D eigenvalue weighted by molar-refractivity contribution is -0.143. The number of hydrogen-bond donors (Lipinski definition) is 1. The molecule has 0 bridgehead atoms. The minimum atomic E-state index is -4.96. The van der Waals surface area contributed by atoms with Crippen LogP contribution in [0, 0.1) is 3.70 Å². The van der Waals surface area contributed by atoms with Crippen molar-refractivity contribution in [2.45, 2.75) is 12.6 Å². The molecule has 0 aliphatic rings. The van der Waals surface area contributed by atoms with Crippen LogP contribution >= 0.6 is 22.6 Å². The number of alkyl halides is 5. The maximum absolute atomic E-state index is 12.2. The van der Waals surface area contributed by atoms with Crippen LogP contribution in [0.3, 0.4) is 0 Å². The zero-order valence-electron chi connectivity index (χ0n) is 6.82. The van der Waals surface area contributed by atoms with E-state index < -0.39 is 29.6 Å². The molecule has 1 N–H and O–H groups in total. The number of rotatable bonds is 1. The summed E-state index contributed by atoms with van der Waals surface area (Å²) in [5.41, 5.74) is -2.99. The molecule has 0 fully saturated rings. The molecule has 0 aliphatic carbocycles. The Labute approximate surface area is 94.3 Å². The summed E-state index contributed by atoms with van der Waals surface area (Å²) in [4.78, 5) is 2.90. The number of aromatic hydroxyl groups is 1. The Balaban J connectivity index is 3.42. The minimum absolute atomic E-state index is 0.371. The van der Waals surface area contributed by atoms with E-state index in [9.17, 15) is 22.0 Å². The predicted molar refractivity (Wildman–Crippen MR) is 48.6 cm³/mol. The van der Waals surface area contributed by atoms with Gasteiger partial charge in [-0.05, 0) is 28.7 Å². The SMILES string of the molecule is Oc1cc(C(F)F)c(C(F)(F)F)nc1I. The Morgan fingerprint density at radius 3 is 2.27 bits per heavy atom. The van der Waals surface area contributed by atoms with Crippen molar-refractivity contribution in [2.24, 2.45) is 0 Å². The van der Waals surface area contributed by atoms with Crippen LogP contribution in [0.25, 0.3) is 0 Å². The maximum Gasteiger partial charge on any atom is 0.433 e. The summed E-state index contributed by atoms with van der Waals surface area (Å²) < 4.78 is 60.8. The van der Waals surface area contributed by atoms with Gasteiger partial charge in [-0.25, -0.2) is 13.8 Å². The number of pyridine rings is 1. The second-order valence-corrected chi connectivity index (χ2v) is 3.56. The van der Waals surface area contributed by atoms with Gasteiger partial charge in [0.2, 0.25) is 0 Å². The van der Waals surface area contributed by atoms with E-state index in [4.69, 9.17) is 5.11 Å². The molecule has 8 heteroatoms. The Morgan fingerprint density at radius 2 is 1.87 bits per heavy atom. The highest BCUT2D eigenvalue weighted by Crippen LogP contribution is 2.37. The lowest BCUT2D eigenvalue weighted by Crippen LogP contribution is -2.13. The van der Waals surface area contributed by atoms with E-state index in [1.54, 1.807) is 0 Å². The first kappa shape index (κ1) is 12.4. The average molecular weight is 339 g/mol. The highest BCUT2D eigenvalue weighted by Gasteiger charge is 2.38. The van der Waals surface area contributed by atoms with E-state index in [1.807, 2.05) is 0 Å². The maximum atomic E-state index is 12.2. The van der Waals surface area contributed by atoms with Gasteiger partial charge >= 0.3 is 6.18 Å². The second kappa shape index (κ2) is 4.06. The monoisotopic (exact) mass is 339 g/mol. The molecule has 0 unspecified atom stereocenters.